The zero-order valence-corrected chi connectivity index (χ0v) is 22.7. The van der Waals surface area contributed by atoms with Crippen molar-refractivity contribution in [2.75, 3.05) is 25.0 Å². The van der Waals surface area contributed by atoms with Gasteiger partial charge >= 0.3 is 0 Å². The molecular formula is C30H33F2N7. The van der Waals surface area contributed by atoms with Crippen LogP contribution in [-0.2, 0) is 0 Å². The average Bonchev–Trinajstić information content (AvgIpc) is 3.28. The van der Waals surface area contributed by atoms with Gasteiger partial charge in [0.2, 0.25) is 5.95 Å². The van der Waals surface area contributed by atoms with Crippen LogP contribution in [0.25, 0.3) is 22.3 Å². The van der Waals surface area contributed by atoms with Crippen LogP contribution in [0.2, 0.25) is 0 Å². The van der Waals surface area contributed by atoms with Crippen LogP contribution in [0.3, 0.4) is 0 Å². The molecule has 3 aromatic heterocycles. The maximum Gasteiger partial charge on any atom is 0.229 e. The van der Waals surface area contributed by atoms with Crippen molar-refractivity contribution >= 4 is 22.8 Å². The second-order valence-corrected chi connectivity index (χ2v) is 10.4. The number of aromatic nitrogens is 5. The molecule has 39 heavy (non-hydrogen) atoms. The fourth-order valence-electron chi connectivity index (χ4n) is 5.57. The minimum atomic E-state index is -0.652. The number of imidazole rings is 1. The van der Waals surface area contributed by atoms with Crippen molar-refractivity contribution < 1.29 is 8.78 Å². The lowest BCUT2D eigenvalue weighted by Crippen LogP contribution is -2.35. The van der Waals surface area contributed by atoms with E-state index in [1.807, 2.05) is 37.5 Å². The summed E-state index contributed by atoms with van der Waals surface area (Å²) in [7, 11) is 0. The van der Waals surface area contributed by atoms with Crippen LogP contribution in [0.1, 0.15) is 57.0 Å². The monoisotopic (exact) mass is 529 g/mol. The van der Waals surface area contributed by atoms with Crippen molar-refractivity contribution in [3.63, 3.8) is 0 Å². The van der Waals surface area contributed by atoms with Crippen LogP contribution in [0.4, 0.5) is 20.5 Å². The average molecular weight is 530 g/mol. The summed E-state index contributed by atoms with van der Waals surface area (Å²) in [5.74, 6) is 3.57. The molecule has 5 rings (SSSR count). The number of halogens is 2. The van der Waals surface area contributed by atoms with Crippen molar-refractivity contribution in [1.82, 2.24) is 29.4 Å². The molecule has 1 atom stereocenters. The lowest BCUT2D eigenvalue weighted by Gasteiger charge is -2.33. The van der Waals surface area contributed by atoms with E-state index in [1.165, 1.54) is 6.07 Å². The number of anilines is 2. The first-order valence-corrected chi connectivity index (χ1v) is 13.4. The number of rotatable bonds is 7. The van der Waals surface area contributed by atoms with E-state index in [2.05, 4.69) is 43.0 Å². The number of aryl methyl sites for hydroxylation is 1. The van der Waals surface area contributed by atoms with Gasteiger partial charge in [0.1, 0.15) is 22.9 Å². The summed E-state index contributed by atoms with van der Waals surface area (Å²) in [4.78, 5) is 19.7. The standard InChI is InChI=1S/C30H33F2N7/c1-6-23(20-10-12-38(7-2)13-11-20)21-8-9-27(33-16-21)36-30-34-17-25(32)28(37-30)22-14-24(31)29-26(15-22)39(18(3)4)19(5)35-29/h1,8-9,14-18,20,23H,7,10-13H2,2-5H3,(H,33,34,36,37)/t23-/m0/s1. The van der Waals surface area contributed by atoms with Crippen LogP contribution in [0.5, 0.6) is 0 Å². The minimum absolute atomic E-state index is 0.00644. The number of hydrogen-bond donors (Lipinski definition) is 1. The van der Waals surface area contributed by atoms with Crippen molar-refractivity contribution in [2.24, 2.45) is 5.92 Å². The SMILES string of the molecule is C#C[C@H](c1ccc(Nc2ncc(F)c(-c3cc(F)c4nc(C)n(C(C)C)c4c3)n2)nc1)C1CCN(CC)CC1. The number of pyridine rings is 1. The number of nitrogens with zero attached hydrogens (tertiary/aromatic N) is 6. The van der Waals surface area contributed by atoms with Gasteiger partial charge in [0.05, 0.1) is 11.7 Å². The topological polar surface area (TPSA) is 71.8 Å². The molecule has 0 saturated carbocycles. The third kappa shape index (κ3) is 5.34. The second kappa shape index (κ2) is 11.1. The number of benzene rings is 1. The number of hydrogen-bond acceptors (Lipinski definition) is 6. The quantitative estimate of drug-likeness (QED) is 0.286. The van der Waals surface area contributed by atoms with Gasteiger partial charge in [-0.1, -0.05) is 18.9 Å². The van der Waals surface area contributed by atoms with Crippen molar-refractivity contribution in [3.05, 3.63) is 59.7 Å². The third-order valence-corrected chi connectivity index (χ3v) is 7.57. The fraction of sp³-hybridized carbons (Fsp3) is 0.400. The summed E-state index contributed by atoms with van der Waals surface area (Å²) in [6, 6.07) is 6.82. The number of fused-ring (bicyclic) bond motifs is 1. The normalized spacial score (nSPS) is 15.5. The smallest absolute Gasteiger partial charge is 0.229 e. The predicted octanol–water partition coefficient (Wildman–Crippen LogP) is 6.25. The molecule has 4 aromatic rings. The minimum Gasteiger partial charge on any atom is -0.326 e. The summed E-state index contributed by atoms with van der Waals surface area (Å²) < 4.78 is 31.8. The molecule has 1 fully saturated rings. The van der Waals surface area contributed by atoms with Gasteiger partial charge in [-0.3, -0.25) is 0 Å². The van der Waals surface area contributed by atoms with Gasteiger partial charge in [-0.05, 0) is 82.9 Å². The molecule has 1 saturated heterocycles. The molecule has 0 unspecified atom stereocenters. The first-order chi connectivity index (χ1) is 18.8. The summed E-state index contributed by atoms with van der Waals surface area (Å²) in [6.07, 6.45) is 10.9. The number of nitrogens with one attached hydrogen (secondary N) is 1. The van der Waals surface area contributed by atoms with Gasteiger partial charge < -0.3 is 14.8 Å². The zero-order valence-electron chi connectivity index (χ0n) is 22.7. The maximum absolute atomic E-state index is 15.0. The van der Waals surface area contributed by atoms with Gasteiger partial charge in [-0.25, -0.2) is 28.7 Å². The highest BCUT2D eigenvalue weighted by Crippen LogP contribution is 2.33. The molecule has 1 aliphatic heterocycles. The highest BCUT2D eigenvalue weighted by molar-refractivity contribution is 5.83. The number of piperidine rings is 1. The summed E-state index contributed by atoms with van der Waals surface area (Å²) >= 11 is 0. The van der Waals surface area contributed by atoms with E-state index in [1.54, 1.807) is 12.3 Å². The van der Waals surface area contributed by atoms with E-state index >= 15 is 0 Å². The van der Waals surface area contributed by atoms with E-state index in [0.29, 0.717) is 28.6 Å². The first kappa shape index (κ1) is 26.7. The summed E-state index contributed by atoms with van der Waals surface area (Å²) in [5, 5.41) is 3.03. The van der Waals surface area contributed by atoms with Gasteiger partial charge in [-0.2, -0.15) is 0 Å². The Morgan fingerprint density at radius 2 is 1.85 bits per heavy atom. The molecule has 1 aromatic carbocycles. The van der Waals surface area contributed by atoms with E-state index in [9.17, 15) is 8.78 Å². The molecule has 0 aliphatic carbocycles. The molecule has 0 spiro atoms. The Hall–Kier alpha value is -3.90. The molecule has 0 amide bonds. The molecule has 4 heterocycles. The molecule has 1 aliphatic rings. The third-order valence-electron chi connectivity index (χ3n) is 7.57. The van der Waals surface area contributed by atoms with Gasteiger partial charge in [0, 0.05) is 23.7 Å². The van der Waals surface area contributed by atoms with Gasteiger partial charge in [0.25, 0.3) is 0 Å². The van der Waals surface area contributed by atoms with E-state index in [-0.39, 0.29) is 29.1 Å². The van der Waals surface area contributed by atoms with Crippen LogP contribution >= 0.6 is 0 Å². The lowest BCUT2D eigenvalue weighted by atomic mass is 9.81. The van der Waals surface area contributed by atoms with Crippen LogP contribution < -0.4 is 5.32 Å². The lowest BCUT2D eigenvalue weighted by molar-refractivity contribution is 0.185. The van der Waals surface area contributed by atoms with Crippen LogP contribution in [0.15, 0.2) is 36.7 Å². The van der Waals surface area contributed by atoms with E-state index in [4.69, 9.17) is 6.42 Å². The highest BCUT2D eigenvalue weighted by Gasteiger charge is 2.26. The Labute approximate surface area is 227 Å². The van der Waals surface area contributed by atoms with Crippen LogP contribution in [0, 0.1) is 36.8 Å². The molecular weight excluding hydrogens is 496 g/mol. The molecule has 202 valence electrons. The molecule has 1 N–H and O–H groups in total. The molecule has 7 nitrogen and oxygen atoms in total. The Balaban J connectivity index is 1.38. The largest absolute Gasteiger partial charge is 0.326 e. The first-order valence-electron chi connectivity index (χ1n) is 13.4. The van der Waals surface area contributed by atoms with E-state index < -0.39 is 11.6 Å². The highest BCUT2D eigenvalue weighted by atomic mass is 19.1. The predicted molar refractivity (Wildman–Crippen MR) is 150 cm³/mol. The van der Waals surface area contributed by atoms with Gasteiger partial charge in [0.15, 0.2) is 11.6 Å². The fourth-order valence-corrected chi connectivity index (χ4v) is 5.57. The number of terminal acetylenes is 1. The van der Waals surface area contributed by atoms with Crippen LogP contribution in [-0.4, -0.2) is 49.0 Å². The Morgan fingerprint density at radius 1 is 1.08 bits per heavy atom. The van der Waals surface area contributed by atoms with Crippen molar-refractivity contribution in [1.29, 1.82) is 0 Å². The van der Waals surface area contributed by atoms with Gasteiger partial charge in [-0.15, -0.1) is 6.42 Å². The summed E-state index contributed by atoms with van der Waals surface area (Å²) in [6.45, 7) is 11.2. The molecule has 0 bridgehead atoms. The maximum atomic E-state index is 15.0. The summed E-state index contributed by atoms with van der Waals surface area (Å²) in [5.41, 5.74) is 2.14. The molecule has 9 heteroatoms. The Kier molecular flexibility index (Phi) is 7.58. The second-order valence-electron chi connectivity index (χ2n) is 10.4. The van der Waals surface area contributed by atoms with Crippen molar-refractivity contribution in [2.45, 2.75) is 52.5 Å². The zero-order chi connectivity index (χ0) is 27.7. The Morgan fingerprint density at radius 3 is 2.49 bits per heavy atom. The molecule has 0 radical (unpaired) electrons. The Bertz CT molecular complexity index is 1510. The number of likely N-dealkylation sites (tertiary alicyclic amines) is 1. The van der Waals surface area contributed by atoms with E-state index in [0.717, 1.165) is 44.2 Å². The van der Waals surface area contributed by atoms with Crippen molar-refractivity contribution in [3.8, 4) is 23.6 Å².